The van der Waals surface area contributed by atoms with E-state index in [0.29, 0.717) is 0 Å². The van der Waals surface area contributed by atoms with Gasteiger partial charge in [0.25, 0.3) is 0 Å². The Morgan fingerprint density at radius 2 is 1.69 bits per heavy atom. The van der Waals surface area contributed by atoms with Crippen LogP contribution >= 0.6 is 0 Å². The molecule has 0 aliphatic heterocycles. The minimum absolute atomic E-state index is 0.235. The van der Waals surface area contributed by atoms with Gasteiger partial charge in [-0.1, -0.05) is 45.0 Å². The summed E-state index contributed by atoms with van der Waals surface area (Å²) < 4.78 is 0. The van der Waals surface area contributed by atoms with Crippen molar-refractivity contribution in [2.45, 2.75) is 32.6 Å². The van der Waals surface area contributed by atoms with Crippen LogP contribution in [0.5, 0.6) is 0 Å². The van der Waals surface area contributed by atoms with Crippen molar-refractivity contribution in [3.05, 3.63) is 42.0 Å². The summed E-state index contributed by atoms with van der Waals surface area (Å²) in [6, 6.07) is 12.7. The Morgan fingerprint density at radius 1 is 1.00 bits per heavy atom. The zero-order valence-corrected chi connectivity index (χ0v) is 10.2. The molecule has 0 amide bonds. The molecular formula is C15H19N. The number of hydrogen-bond acceptors (Lipinski definition) is 1. The van der Waals surface area contributed by atoms with Gasteiger partial charge < -0.3 is 5.73 Å². The summed E-state index contributed by atoms with van der Waals surface area (Å²) in [6.07, 6.45) is 1.14. The van der Waals surface area contributed by atoms with Crippen LogP contribution in [-0.4, -0.2) is 0 Å². The summed E-state index contributed by atoms with van der Waals surface area (Å²) in [5.41, 5.74) is 8.27. The smallest absolute Gasteiger partial charge is 0.0320 e. The summed E-state index contributed by atoms with van der Waals surface area (Å²) in [4.78, 5) is 0. The average Bonchev–Trinajstić information content (AvgIpc) is 2.28. The van der Waals surface area contributed by atoms with Crippen molar-refractivity contribution in [1.82, 2.24) is 0 Å². The molecule has 2 aromatic carbocycles. The SMILES string of the molecule is CCC(C)(C)c1ccc2ccc(N)cc2c1. The monoisotopic (exact) mass is 213 g/mol. The molecule has 2 rings (SSSR count). The highest BCUT2D eigenvalue weighted by molar-refractivity contribution is 5.86. The van der Waals surface area contributed by atoms with Crippen LogP contribution in [0, 0.1) is 0 Å². The van der Waals surface area contributed by atoms with Gasteiger partial charge in [-0.3, -0.25) is 0 Å². The minimum atomic E-state index is 0.235. The molecule has 16 heavy (non-hydrogen) atoms. The highest BCUT2D eigenvalue weighted by atomic mass is 14.5. The Morgan fingerprint density at radius 3 is 2.38 bits per heavy atom. The maximum absolute atomic E-state index is 5.82. The van der Waals surface area contributed by atoms with Crippen LogP contribution in [0.3, 0.4) is 0 Å². The van der Waals surface area contributed by atoms with Crippen molar-refractivity contribution in [3.63, 3.8) is 0 Å². The molecule has 2 N–H and O–H groups in total. The maximum atomic E-state index is 5.82. The fourth-order valence-electron chi connectivity index (χ4n) is 1.89. The van der Waals surface area contributed by atoms with Crippen LogP contribution in [0.2, 0.25) is 0 Å². The maximum Gasteiger partial charge on any atom is 0.0320 e. The van der Waals surface area contributed by atoms with E-state index >= 15 is 0 Å². The van der Waals surface area contributed by atoms with E-state index in [4.69, 9.17) is 5.73 Å². The molecule has 1 nitrogen and oxygen atoms in total. The van der Waals surface area contributed by atoms with Crippen LogP contribution in [-0.2, 0) is 5.41 Å². The third-order valence-electron chi connectivity index (χ3n) is 3.53. The lowest BCUT2D eigenvalue weighted by Crippen LogP contribution is -2.15. The van der Waals surface area contributed by atoms with Crippen molar-refractivity contribution in [2.24, 2.45) is 0 Å². The van der Waals surface area contributed by atoms with E-state index in [1.165, 1.54) is 16.3 Å². The molecular weight excluding hydrogens is 194 g/mol. The van der Waals surface area contributed by atoms with E-state index in [9.17, 15) is 0 Å². The number of nitrogens with two attached hydrogens (primary N) is 1. The molecule has 0 unspecified atom stereocenters. The van der Waals surface area contributed by atoms with Gasteiger partial charge >= 0.3 is 0 Å². The molecule has 0 aromatic heterocycles. The van der Waals surface area contributed by atoms with Gasteiger partial charge in [-0.15, -0.1) is 0 Å². The van der Waals surface area contributed by atoms with Gasteiger partial charge in [-0.25, -0.2) is 0 Å². The first-order valence-corrected chi connectivity index (χ1v) is 5.83. The quantitative estimate of drug-likeness (QED) is 0.746. The molecule has 84 valence electrons. The lowest BCUT2D eigenvalue weighted by molar-refractivity contribution is 0.507. The highest BCUT2D eigenvalue weighted by Crippen LogP contribution is 2.29. The summed E-state index contributed by atoms with van der Waals surface area (Å²) in [5, 5.41) is 2.49. The molecule has 0 fully saturated rings. The predicted molar refractivity (Wildman–Crippen MR) is 71.7 cm³/mol. The second-order valence-electron chi connectivity index (χ2n) is 5.06. The molecule has 1 heteroatoms. The van der Waals surface area contributed by atoms with E-state index in [2.05, 4.69) is 45.0 Å². The van der Waals surface area contributed by atoms with Gasteiger partial charge in [-0.2, -0.15) is 0 Å². The first-order valence-electron chi connectivity index (χ1n) is 5.83. The zero-order chi connectivity index (χ0) is 11.8. The van der Waals surface area contributed by atoms with Crippen molar-refractivity contribution >= 4 is 16.5 Å². The molecule has 0 aliphatic rings. The van der Waals surface area contributed by atoms with Crippen molar-refractivity contribution < 1.29 is 0 Å². The Labute approximate surface area is 97.3 Å². The number of fused-ring (bicyclic) bond motifs is 1. The third kappa shape index (κ3) is 1.90. The number of rotatable bonds is 2. The normalized spacial score (nSPS) is 11.9. The summed E-state index contributed by atoms with van der Waals surface area (Å²) in [7, 11) is 0. The minimum Gasteiger partial charge on any atom is -0.399 e. The van der Waals surface area contributed by atoms with Gasteiger partial charge in [0.15, 0.2) is 0 Å². The predicted octanol–water partition coefficient (Wildman–Crippen LogP) is 4.11. The second-order valence-corrected chi connectivity index (χ2v) is 5.06. The zero-order valence-electron chi connectivity index (χ0n) is 10.2. The van der Waals surface area contributed by atoms with Crippen molar-refractivity contribution in [1.29, 1.82) is 0 Å². The number of benzene rings is 2. The van der Waals surface area contributed by atoms with Crippen LogP contribution < -0.4 is 5.73 Å². The van der Waals surface area contributed by atoms with Crippen molar-refractivity contribution in [3.8, 4) is 0 Å². The average molecular weight is 213 g/mol. The van der Waals surface area contributed by atoms with E-state index in [-0.39, 0.29) is 5.41 Å². The molecule has 0 bridgehead atoms. The van der Waals surface area contributed by atoms with Crippen LogP contribution in [0.15, 0.2) is 36.4 Å². The molecule has 2 aromatic rings. The fraction of sp³-hybridized carbons (Fsp3) is 0.333. The summed E-state index contributed by atoms with van der Waals surface area (Å²) in [6.45, 7) is 6.78. The second kappa shape index (κ2) is 3.82. The van der Waals surface area contributed by atoms with Crippen LogP contribution in [0.4, 0.5) is 5.69 Å². The lowest BCUT2D eigenvalue weighted by atomic mass is 9.81. The number of nitrogen functional groups attached to an aromatic ring is 1. The topological polar surface area (TPSA) is 26.0 Å². The Balaban J connectivity index is 2.59. The molecule has 0 aliphatic carbocycles. The van der Waals surface area contributed by atoms with Gasteiger partial charge in [0.1, 0.15) is 0 Å². The molecule has 0 saturated heterocycles. The van der Waals surface area contributed by atoms with Crippen LogP contribution in [0.25, 0.3) is 10.8 Å². The van der Waals surface area contributed by atoms with E-state index < -0.39 is 0 Å². The fourth-order valence-corrected chi connectivity index (χ4v) is 1.89. The Kier molecular flexibility index (Phi) is 2.63. The molecule has 0 radical (unpaired) electrons. The van der Waals surface area contributed by atoms with Gasteiger partial charge in [0, 0.05) is 5.69 Å². The van der Waals surface area contributed by atoms with Gasteiger partial charge in [0.05, 0.1) is 0 Å². The number of anilines is 1. The van der Waals surface area contributed by atoms with Crippen LogP contribution in [0.1, 0.15) is 32.8 Å². The third-order valence-corrected chi connectivity index (χ3v) is 3.53. The van der Waals surface area contributed by atoms with E-state index in [1.807, 2.05) is 12.1 Å². The first kappa shape index (κ1) is 11.0. The molecule has 0 atom stereocenters. The number of hydrogen-bond donors (Lipinski definition) is 1. The van der Waals surface area contributed by atoms with Crippen molar-refractivity contribution in [2.75, 3.05) is 5.73 Å². The summed E-state index contributed by atoms with van der Waals surface area (Å²) >= 11 is 0. The largest absolute Gasteiger partial charge is 0.399 e. The van der Waals surface area contributed by atoms with Gasteiger partial charge in [0.2, 0.25) is 0 Å². The molecule has 0 heterocycles. The van der Waals surface area contributed by atoms with Gasteiger partial charge in [-0.05, 0) is 40.3 Å². The first-order chi connectivity index (χ1) is 7.53. The standard InChI is InChI=1S/C15H19N/c1-4-15(2,3)13-7-5-11-6-8-14(16)10-12(11)9-13/h5-10H,4,16H2,1-3H3. The molecule has 0 spiro atoms. The lowest BCUT2D eigenvalue weighted by Gasteiger charge is -2.23. The molecule has 0 saturated carbocycles. The Hall–Kier alpha value is -1.50. The van der Waals surface area contributed by atoms with E-state index in [0.717, 1.165) is 12.1 Å². The highest BCUT2D eigenvalue weighted by Gasteiger charge is 2.17. The van der Waals surface area contributed by atoms with E-state index in [1.54, 1.807) is 0 Å². The Bertz CT molecular complexity index is 512. The summed E-state index contributed by atoms with van der Waals surface area (Å²) in [5.74, 6) is 0.